The first-order chi connectivity index (χ1) is 7.11. The van der Waals surface area contributed by atoms with Crippen LogP contribution in [0.1, 0.15) is 19.4 Å². The summed E-state index contributed by atoms with van der Waals surface area (Å²) in [5.74, 6) is 0. The molecule has 2 rings (SSSR count). The molecule has 2 nitrogen and oxygen atoms in total. The first-order valence-electron chi connectivity index (χ1n) is 5.37. The molecule has 1 heterocycles. The Bertz CT molecular complexity index is 454. The number of nitrogens with one attached hydrogen (secondary N) is 1. The summed E-state index contributed by atoms with van der Waals surface area (Å²) < 4.78 is 0. The Kier molecular flexibility index (Phi) is 2.53. The van der Waals surface area contributed by atoms with E-state index in [1.54, 1.807) is 0 Å². The van der Waals surface area contributed by atoms with Gasteiger partial charge < -0.3 is 10.7 Å². The van der Waals surface area contributed by atoms with Crippen molar-refractivity contribution >= 4 is 10.9 Å². The highest BCUT2D eigenvalue weighted by atomic mass is 14.7. The first-order valence-corrected chi connectivity index (χ1v) is 5.37. The molecular weight excluding hydrogens is 184 g/mol. The lowest BCUT2D eigenvalue weighted by Crippen LogP contribution is -2.25. The van der Waals surface area contributed by atoms with E-state index in [-0.39, 0.29) is 5.41 Å². The average molecular weight is 202 g/mol. The van der Waals surface area contributed by atoms with E-state index in [1.165, 1.54) is 16.5 Å². The minimum Gasteiger partial charge on any atom is -0.361 e. The zero-order valence-corrected chi connectivity index (χ0v) is 9.38. The second-order valence-corrected chi connectivity index (χ2v) is 4.94. The van der Waals surface area contributed by atoms with Crippen LogP contribution in [0.25, 0.3) is 10.9 Å². The number of hydrogen-bond acceptors (Lipinski definition) is 1. The summed E-state index contributed by atoms with van der Waals surface area (Å²) in [7, 11) is 0. The Labute approximate surface area is 90.5 Å². The number of aromatic nitrogens is 1. The number of rotatable bonds is 3. The van der Waals surface area contributed by atoms with Gasteiger partial charge in [0.1, 0.15) is 0 Å². The third-order valence-electron chi connectivity index (χ3n) is 2.85. The lowest BCUT2D eigenvalue weighted by atomic mass is 9.86. The predicted molar refractivity (Wildman–Crippen MR) is 64.8 cm³/mol. The summed E-state index contributed by atoms with van der Waals surface area (Å²) in [5, 5.41) is 1.27. The molecule has 0 atom stereocenters. The summed E-state index contributed by atoms with van der Waals surface area (Å²) in [5.41, 5.74) is 8.48. The lowest BCUT2D eigenvalue weighted by molar-refractivity contribution is 0.377. The van der Waals surface area contributed by atoms with Crippen molar-refractivity contribution in [2.24, 2.45) is 11.1 Å². The zero-order valence-electron chi connectivity index (χ0n) is 9.38. The van der Waals surface area contributed by atoms with Crippen molar-refractivity contribution in [3.05, 3.63) is 36.0 Å². The fourth-order valence-electron chi connectivity index (χ4n) is 1.83. The normalized spacial score (nSPS) is 12.2. The highest BCUT2D eigenvalue weighted by molar-refractivity contribution is 5.79. The zero-order chi connectivity index (χ0) is 10.9. The average Bonchev–Trinajstić information content (AvgIpc) is 2.64. The van der Waals surface area contributed by atoms with Crippen LogP contribution in [0.5, 0.6) is 0 Å². The van der Waals surface area contributed by atoms with Crippen LogP contribution in [0.2, 0.25) is 0 Å². The van der Waals surface area contributed by atoms with Gasteiger partial charge in [0.2, 0.25) is 0 Å². The fraction of sp³-hybridized carbons (Fsp3) is 0.385. The molecule has 0 aliphatic rings. The molecule has 2 heteroatoms. The maximum absolute atomic E-state index is 5.74. The molecule has 2 aromatic rings. The van der Waals surface area contributed by atoms with Crippen molar-refractivity contribution in [3.8, 4) is 0 Å². The van der Waals surface area contributed by atoms with E-state index < -0.39 is 0 Å². The quantitative estimate of drug-likeness (QED) is 0.789. The molecule has 0 bridgehead atoms. The van der Waals surface area contributed by atoms with Crippen molar-refractivity contribution < 1.29 is 0 Å². The molecule has 0 radical (unpaired) electrons. The number of fused-ring (bicyclic) bond motifs is 1. The Hall–Kier alpha value is -1.28. The Morgan fingerprint density at radius 3 is 2.80 bits per heavy atom. The van der Waals surface area contributed by atoms with Crippen molar-refractivity contribution in [1.82, 2.24) is 4.98 Å². The van der Waals surface area contributed by atoms with E-state index in [9.17, 15) is 0 Å². The van der Waals surface area contributed by atoms with Gasteiger partial charge in [-0.25, -0.2) is 0 Å². The van der Waals surface area contributed by atoms with Gasteiger partial charge in [-0.3, -0.25) is 0 Å². The van der Waals surface area contributed by atoms with Gasteiger partial charge in [0, 0.05) is 11.7 Å². The van der Waals surface area contributed by atoms with Crippen LogP contribution in [0.4, 0.5) is 0 Å². The smallest absolute Gasteiger partial charge is 0.0456 e. The van der Waals surface area contributed by atoms with E-state index >= 15 is 0 Å². The van der Waals surface area contributed by atoms with Crippen LogP contribution in [0.15, 0.2) is 30.5 Å². The second kappa shape index (κ2) is 3.70. The minimum atomic E-state index is 0.181. The van der Waals surface area contributed by atoms with Crippen LogP contribution in [0.3, 0.4) is 0 Å². The predicted octanol–water partition coefficient (Wildman–Crippen LogP) is 2.70. The fourth-order valence-corrected chi connectivity index (χ4v) is 1.83. The number of hydrogen-bond donors (Lipinski definition) is 2. The molecule has 0 aliphatic carbocycles. The van der Waals surface area contributed by atoms with Crippen molar-refractivity contribution in [3.63, 3.8) is 0 Å². The first kappa shape index (κ1) is 10.2. The molecule has 15 heavy (non-hydrogen) atoms. The SMILES string of the molecule is CC(C)(CN)Cc1ccc2cc[nH]c2c1. The number of H-pyrrole nitrogens is 1. The third kappa shape index (κ3) is 2.21. The van der Waals surface area contributed by atoms with Crippen molar-refractivity contribution in [2.45, 2.75) is 20.3 Å². The highest BCUT2D eigenvalue weighted by Crippen LogP contribution is 2.22. The molecule has 0 saturated carbocycles. The number of nitrogens with two attached hydrogens (primary N) is 1. The van der Waals surface area contributed by atoms with Crippen LogP contribution >= 0.6 is 0 Å². The van der Waals surface area contributed by atoms with E-state index in [0.717, 1.165) is 13.0 Å². The molecule has 0 aliphatic heterocycles. The third-order valence-corrected chi connectivity index (χ3v) is 2.85. The second-order valence-electron chi connectivity index (χ2n) is 4.94. The molecule has 1 aromatic carbocycles. The van der Waals surface area contributed by atoms with E-state index in [4.69, 9.17) is 5.73 Å². The monoisotopic (exact) mass is 202 g/mol. The minimum absolute atomic E-state index is 0.181. The van der Waals surface area contributed by atoms with Gasteiger partial charge in [-0.15, -0.1) is 0 Å². The van der Waals surface area contributed by atoms with Crippen LogP contribution < -0.4 is 5.73 Å². The summed E-state index contributed by atoms with van der Waals surface area (Å²) in [6.45, 7) is 5.12. The molecular formula is C13H18N2. The van der Waals surface area contributed by atoms with Crippen LogP contribution in [0, 0.1) is 5.41 Å². The number of benzene rings is 1. The Morgan fingerprint density at radius 2 is 2.07 bits per heavy atom. The summed E-state index contributed by atoms with van der Waals surface area (Å²) in [4.78, 5) is 3.23. The molecule has 0 saturated heterocycles. The van der Waals surface area contributed by atoms with Crippen molar-refractivity contribution in [2.75, 3.05) is 6.54 Å². The van der Waals surface area contributed by atoms with Gasteiger partial charge >= 0.3 is 0 Å². The summed E-state index contributed by atoms with van der Waals surface area (Å²) in [6.07, 6.45) is 3.00. The van der Waals surface area contributed by atoms with Gasteiger partial charge in [0.15, 0.2) is 0 Å². The topological polar surface area (TPSA) is 41.8 Å². The largest absolute Gasteiger partial charge is 0.361 e. The molecule has 0 fully saturated rings. The molecule has 80 valence electrons. The molecule has 0 amide bonds. The van der Waals surface area contributed by atoms with E-state index in [1.807, 2.05) is 6.20 Å². The number of aromatic amines is 1. The Balaban J connectivity index is 2.28. The maximum atomic E-state index is 5.74. The van der Waals surface area contributed by atoms with Gasteiger partial charge in [-0.1, -0.05) is 26.0 Å². The van der Waals surface area contributed by atoms with E-state index in [0.29, 0.717) is 0 Å². The van der Waals surface area contributed by atoms with Gasteiger partial charge in [-0.2, -0.15) is 0 Å². The van der Waals surface area contributed by atoms with Gasteiger partial charge in [-0.05, 0) is 41.5 Å². The lowest BCUT2D eigenvalue weighted by Gasteiger charge is -2.22. The molecule has 0 unspecified atom stereocenters. The van der Waals surface area contributed by atoms with Crippen LogP contribution in [-0.2, 0) is 6.42 Å². The highest BCUT2D eigenvalue weighted by Gasteiger charge is 2.16. The van der Waals surface area contributed by atoms with Gasteiger partial charge in [0.05, 0.1) is 0 Å². The maximum Gasteiger partial charge on any atom is 0.0456 e. The Morgan fingerprint density at radius 1 is 1.27 bits per heavy atom. The van der Waals surface area contributed by atoms with E-state index in [2.05, 4.69) is 43.1 Å². The van der Waals surface area contributed by atoms with Crippen LogP contribution in [-0.4, -0.2) is 11.5 Å². The van der Waals surface area contributed by atoms with Crippen molar-refractivity contribution in [1.29, 1.82) is 0 Å². The van der Waals surface area contributed by atoms with Gasteiger partial charge in [0.25, 0.3) is 0 Å². The molecule has 1 aromatic heterocycles. The standard InChI is InChI=1S/C13H18N2/c1-13(2,9-14)8-10-3-4-11-5-6-15-12(11)7-10/h3-7,15H,8-9,14H2,1-2H3. The molecule has 0 spiro atoms. The molecule has 3 N–H and O–H groups in total. The summed E-state index contributed by atoms with van der Waals surface area (Å²) in [6, 6.07) is 8.65. The summed E-state index contributed by atoms with van der Waals surface area (Å²) >= 11 is 0.